The summed E-state index contributed by atoms with van der Waals surface area (Å²) < 4.78 is 5.76. The number of hydrogen-bond acceptors (Lipinski definition) is 3. The number of likely N-dealkylation sites (N-methyl/N-ethyl adjacent to an activating group) is 1. The number of aromatic nitrogens is 1. The number of pyridine rings is 1. The van der Waals surface area contributed by atoms with Crippen LogP contribution in [0.2, 0.25) is 0 Å². The first-order valence-corrected chi connectivity index (χ1v) is 7.49. The van der Waals surface area contributed by atoms with Crippen molar-refractivity contribution in [3.63, 3.8) is 0 Å². The smallest absolute Gasteiger partial charge is 0.138 e. The Morgan fingerprint density at radius 1 is 1.21 bits per heavy atom. The lowest BCUT2D eigenvalue weighted by atomic mass is 9.88. The molecule has 2 unspecified atom stereocenters. The van der Waals surface area contributed by atoms with Crippen molar-refractivity contribution >= 4 is 0 Å². The van der Waals surface area contributed by atoms with Gasteiger partial charge in [-0.2, -0.15) is 0 Å². The number of nitrogens with zero attached hydrogens (tertiary/aromatic N) is 1. The topological polar surface area (TPSA) is 34.2 Å². The van der Waals surface area contributed by atoms with Crippen LogP contribution in [0.25, 0.3) is 0 Å². The predicted molar refractivity (Wildman–Crippen MR) is 78.7 cm³/mol. The molecule has 0 amide bonds. The summed E-state index contributed by atoms with van der Waals surface area (Å²) in [5.41, 5.74) is 1.32. The molecule has 0 bridgehead atoms. The van der Waals surface area contributed by atoms with Crippen LogP contribution >= 0.6 is 0 Å². The molecular formula is C16H26N2O. The average Bonchev–Trinajstić information content (AvgIpc) is 2.63. The lowest BCUT2D eigenvalue weighted by Crippen LogP contribution is -2.31. The highest BCUT2D eigenvalue weighted by Crippen LogP contribution is 2.33. The van der Waals surface area contributed by atoms with Gasteiger partial charge < -0.3 is 10.1 Å². The molecule has 106 valence electrons. The highest BCUT2D eigenvalue weighted by Gasteiger charge is 2.24. The van der Waals surface area contributed by atoms with Gasteiger partial charge in [0.05, 0.1) is 12.3 Å². The molecule has 1 saturated carbocycles. The maximum Gasteiger partial charge on any atom is 0.138 e. The van der Waals surface area contributed by atoms with Crippen molar-refractivity contribution in [1.29, 1.82) is 0 Å². The first-order valence-electron chi connectivity index (χ1n) is 7.49. The van der Waals surface area contributed by atoms with Crippen molar-refractivity contribution < 1.29 is 4.74 Å². The monoisotopic (exact) mass is 262 g/mol. The van der Waals surface area contributed by atoms with Crippen molar-refractivity contribution in [3.8, 4) is 5.75 Å². The van der Waals surface area contributed by atoms with E-state index in [1.165, 1.54) is 37.7 Å². The molecule has 19 heavy (non-hydrogen) atoms. The van der Waals surface area contributed by atoms with E-state index in [-0.39, 0.29) is 6.10 Å². The zero-order chi connectivity index (χ0) is 13.7. The van der Waals surface area contributed by atoms with E-state index in [0.717, 1.165) is 5.75 Å². The molecule has 1 fully saturated rings. The summed E-state index contributed by atoms with van der Waals surface area (Å²) in [4.78, 5) is 4.36. The van der Waals surface area contributed by atoms with E-state index in [1.807, 2.05) is 12.4 Å². The van der Waals surface area contributed by atoms with Crippen molar-refractivity contribution in [2.24, 2.45) is 0 Å². The molecule has 0 saturated heterocycles. The quantitative estimate of drug-likeness (QED) is 0.843. The summed E-state index contributed by atoms with van der Waals surface area (Å²) in [5, 5.41) is 3.48. The normalized spacial score (nSPS) is 24.2. The Bertz CT molecular complexity index is 392. The average molecular weight is 262 g/mol. The van der Waals surface area contributed by atoms with Gasteiger partial charge in [0.2, 0.25) is 0 Å². The minimum Gasteiger partial charge on any atom is -0.489 e. The summed E-state index contributed by atoms with van der Waals surface area (Å²) in [5.74, 6) is 1.46. The third-order valence-electron chi connectivity index (χ3n) is 3.92. The Balaban J connectivity index is 2.18. The van der Waals surface area contributed by atoms with Gasteiger partial charge in [-0.15, -0.1) is 0 Å². The standard InChI is InChI=1S/C16H26N2O/c1-12(2)19-14-9-13(10-18-11-14)15-7-5-4-6-8-16(15)17-3/h9-12,15-17H,4-8H2,1-3H3. The van der Waals surface area contributed by atoms with Gasteiger partial charge in [-0.3, -0.25) is 4.98 Å². The van der Waals surface area contributed by atoms with Crippen LogP contribution in [0, 0.1) is 0 Å². The molecule has 3 heteroatoms. The molecule has 0 aromatic carbocycles. The van der Waals surface area contributed by atoms with E-state index in [0.29, 0.717) is 12.0 Å². The first-order chi connectivity index (χ1) is 9.20. The minimum atomic E-state index is 0.200. The van der Waals surface area contributed by atoms with Gasteiger partial charge in [-0.05, 0) is 45.4 Å². The minimum absolute atomic E-state index is 0.200. The van der Waals surface area contributed by atoms with E-state index < -0.39 is 0 Å². The Labute approximate surface area is 116 Å². The highest BCUT2D eigenvalue weighted by molar-refractivity contribution is 5.27. The van der Waals surface area contributed by atoms with E-state index in [9.17, 15) is 0 Å². The second kappa shape index (κ2) is 6.90. The maximum absolute atomic E-state index is 5.76. The molecule has 1 aromatic heterocycles. The van der Waals surface area contributed by atoms with Crippen LogP contribution in [-0.2, 0) is 0 Å². The van der Waals surface area contributed by atoms with Crippen LogP contribution in [-0.4, -0.2) is 24.2 Å². The van der Waals surface area contributed by atoms with Crippen molar-refractivity contribution in [1.82, 2.24) is 10.3 Å². The fourth-order valence-electron chi connectivity index (χ4n) is 3.03. The van der Waals surface area contributed by atoms with Crippen LogP contribution in [0.1, 0.15) is 57.4 Å². The summed E-state index contributed by atoms with van der Waals surface area (Å²) in [6, 6.07) is 2.74. The lowest BCUT2D eigenvalue weighted by molar-refractivity contribution is 0.241. The second-order valence-electron chi connectivity index (χ2n) is 5.76. The molecule has 0 spiro atoms. The zero-order valence-electron chi connectivity index (χ0n) is 12.4. The third-order valence-corrected chi connectivity index (χ3v) is 3.92. The van der Waals surface area contributed by atoms with Crippen molar-refractivity contribution in [2.75, 3.05) is 7.05 Å². The predicted octanol–water partition coefficient (Wildman–Crippen LogP) is 3.50. The number of ether oxygens (including phenoxy) is 1. The Hall–Kier alpha value is -1.09. The van der Waals surface area contributed by atoms with Gasteiger partial charge in [0.15, 0.2) is 0 Å². The Morgan fingerprint density at radius 2 is 2.00 bits per heavy atom. The summed E-state index contributed by atoms with van der Waals surface area (Å²) in [6.07, 6.45) is 10.5. The Kier molecular flexibility index (Phi) is 5.20. The number of rotatable bonds is 4. The second-order valence-corrected chi connectivity index (χ2v) is 5.76. The van der Waals surface area contributed by atoms with Gasteiger partial charge in [0, 0.05) is 18.2 Å². The van der Waals surface area contributed by atoms with Crippen LogP contribution in [0.3, 0.4) is 0 Å². The summed E-state index contributed by atoms with van der Waals surface area (Å²) in [6.45, 7) is 4.10. The van der Waals surface area contributed by atoms with E-state index in [4.69, 9.17) is 4.74 Å². The molecule has 3 nitrogen and oxygen atoms in total. The largest absolute Gasteiger partial charge is 0.489 e. The van der Waals surface area contributed by atoms with E-state index in [1.54, 1.807) is 0 Å². The SMILES string of the molecule is CNC1CCCCCC1c1cncc(OC(C)C)c1. The lowest BCUT2D eigenvalue weighted by Gasteiger charge is -2.25. The van der Waals surface area contributed by atoms with E-state index >= 15 is 0 Å². The van der Waals surface area contributed by atoms with Crippen molar-refractivity contribution in [3.05, 3.63) is 24.0 Å². The maximum atomic E-state index is 5.76. The fraction of sp³-hybridized carbons (Fsp3) is 0.688. The van der Waals surface area contributed by atoms with Gasteiger partial charge in [0.1, 0.15) is 5.75 Å². The van der Waals surface area contributed by atoms with Crippen LogP contribution in [0.15, 0.2) is 18.5 Å². The molecule has 0 radical (unpaired) electrons. The summed E-state index contributed by atoms with van der Waals surface area (Å²) in [7, 11) is 2.07. The molecular weight excluding hydrogens is 236 g/mol. The summed E-state index contributed by atoms with van der Waals surface area (Å²) >= 11 is 0. The van der Waals surface area contributed by atoms with Gasteiger partial charge >= 0.3 is 0 Å². The molecule has 1 aliphatic carbocycles. The molecule has 0 aliphatic heterocycles. The fourth-order valence-corrected chi connectivity index (χ4v) is 3.03. The molecule has 1 heterocycles. The van der Waals surface area contributed by atoms with Crippen LogP contribution < -0.4 is 10.1 Å². The zero-order valence-corrected chi connectivity index (χ0v) is 12.4. The first kappa shape index (κ1) is 14.3. The number of nitrogens with one attached hydrogen (secondary N) is 1. The molecule has 1 N–H and O–H groups in total. The Morgan fingerprint density at radius 3 is 2.74 bits per heavy atom. The van der Waals surface area contributed by atoms with E-state index in [2.05, 4.69) is 37.3 Å². The van der Waals surface area contributed by atoms with Gasteiger partial charge in [-0.25, -0.2) is 0 Å². The molecule has 2 atom stereocenters. The molecule has 1 aliphatic rings. The van der Waals surface area contributed by atoms with Gasteiger partial charge in [0.25, 0.3) is 0 Å². The molecule has 2 rings (SSSR count). The highest BCUT2D eigenvalue weighted by atomic mass is 16.5. The third kappa shape index (κ3) is 3.93. The molecule has 1 aromatic rings. The number of hydrogen-bond donors (Lipinski definition) is 1. The van der Waals surface area contributed by atoms with Crippen LogP contribution in [0.4, 0.5) is 0 Å². The van der Waals surface area contributed by atoms with Gasteiger partial charge in [-0.1, -0.05) is 19.3 Å². The van der Waals surface area contributed by atoms with Crippen LogP contribution in [0.5, 0.6) is 5.75 Å². The van der Waals surface area contributed by atoms with Crippen molar-refractivity contribution in [2.45, 2.75) is 64.0 Å².